The summed E-state index contributed by atoms with van der Waals surface area (Å²) in [6.45, 7) is 0. The van der Waals surface area contributed by atoms with Gasteiger partial charge in [-0.25, -0.2) is 0 Å². The number of hydrogen-bond donors (Lipinski definition) is 0. The summed E-state index contributed by atoms with van der Waals surface area (Å²) in [5, 5.41) is 0. The molecule has 0 bridgehead atoms. The lowest BCUT2D eigenvalue weighted by Gasteiger charge is -2.07. The summed E-state index contributed by atoms with van der Waals surface area (Å²) in [6.07, 6.45) is -1.66. The summed E-state index contributed by atoms with van der Waals surface area (Å²) in [4.78, 5) is 0. The highest BCUT2D eigenvalue weighted by molar-refractivity contribution is 14.1. The fourth-order valence-corrected chi connectivity index (χ4v) is 1.97. The first-order chi connectivity index (χ1) is 8.18. The van der Waals surface area contributed by atoms with Crippen LogP contribution in [0.4, 0.5) is 8.78 Å². The standard InChI is InChI=1S/C14H9F2I/c15-14(16)13(10-4-2-1-3-5-10)11-6-8-12(17)9-7-11/h1-9H. The van der Waals surface area contributed by atoms with Crippen LogP contribution >= 0.6 is 22.6 Å². The monoisotopic (exact) mass is 342 g/mol. The second-order valence-corrected chi connectivity index (χ2v) is 4.75. The molecule has 0 aliphatic rings. The van der Waals surface area contributed by atoms with Crippen molar-refractivity contribution >= 4 is 28.2 Å². The van der Waals surface area contributed by atoms with E-state index in [-0.39, 0.29) is 5.57 Å². The Morgan fingerprint density at radius 1 is 0.765 bits per heavy atom. The van der Waals surface area contributed by atoms with Gasteiger partial charge in [0.05, 0.1) is 5.57 Å². The summed E-state index contributed by atoms with van der Waals surface area (Å²) >= 11 is 2.15. The quantitative estimate of drug-likeness (QED) is 0.678. The van der Waals surface area contributed by atoms with E-state index in [1.54, 1.807) is 36.4 Å². The predicted molar refractivity (Wildman–Crippen MR) is 73.8 cm³/mol. The number of rotatable bonds is 2. The van der Waals surface area contributed by atoms with E-state index in [1.807, 2.05) is 18.2 Å². The highest BCUT2D eigenvalue weighted by atomic mass is 127. The maximum Gasteiger partial charge on any atom is 0.278 e. The van der Waals surface area contributed by atoms with Crippen LogP contribution in [-0.2, 0) is 0 Å². The van der Waals surface area contributed by atoms with E-state index in [1.165, 1.54) is 0 Å². The fourth-order valence-electron chi connectivity index (χ4n) is 1.61. The van der Waals surface area contributed by atoms with E-state index in [9.17, 15) is 8.78 Å². The first kappa shape index (κ1) is 12.2. The summed E-state index contributed by atoms with van der Waals surface area (Å²) in [5.41, 5.74) is 1.08. The molecular weight excluding hydrogens is 333 g/mol. The van der Waals surface area contributed by atoms with Gasteiger partial charge >= 0.3 is 0 Å². The SMILES string of the molecule is FC(F)=C(c1ccccc1)c1ccc(I)cc1. The van der Waals surface area contributed by atoms with Crippen LogP contribution < -0.4 is 0 Å². The Hall–Kier alpha value is -1.23. The molecule has 2 aromatic rings. The van der Waals surface area contributed by atoms with Gasteiger partial charge in [0.1, 0.15) is 0 Å². The van der Waals surface area contributed by atoms with Gasteiger partial charge in [-0.3, -0.25) is 0 Å². The van der Waals surface area contributed by atoms with Crippen LogP contribution in [0.15, 0.2) is 60.7 Å². The number of halogens is 3. The molecule has 0 saturated heterocycles. The van der Waals surface area contributed by atoms with Gasteiger partial charge in [0.25, 0.3) is 6.08 Å². The molecule has 86 valence electrons. The average Bonchev–Trinajstić information content (AvgIpc) is 2.33. The van der Waals surface area contributed by atoms with Crippen molar-refractivity contribution < 1.29 is 8.78 Å². The lowest BCUT2D eigenvalue weighted by atomic mass is 9.99. The van der Waals surface area contributed by atoms with Crippen LogP contribution in [0.2, 0.25) is 0 Å². The van der Waals surface area contributed by atoms with Crippen molar-refractivity contribution in [2.45, 2.75) is 0 Å². The van der Waals surface area contributed by atoms with Crippen LogP contribution in [0.25, 0.3) is 5.57 Å². The molecule has 0 fully saturated rings. The van der Waals surface area contributed by atoms with Gasteiger partial charge in [-0.05, 0) is 45.9 Å². The molecule has 3 heteroatoms. The molecule has 2 rings (SSSR count). The van der Waals surface area contributed by atoms with Gasteiger partial charge in [0.2, 0.25) is 0 Å². The Bertz CT molecular complexity index is 526. The van der Waals surface area contributed by atoms with Crippen LogP contribution in [0.3, 0.4) is 0 Å². The third kappa shape index (κ3) is 2.91. The van der Waals surface area contributed by atoms with E-state index in [2.05, 4.69) is 22.6 Å². The zero-order valence-corrected chi connectivity index (χ0v) is 11.0. The summed E-state index contributed by atoms with van der Waals surface area (Å²) in [5.74, 6) is 0. The molecule has 0 unspecified atom stereocenters. The molecule has 0 aromatic heterocycles. The first-order valence-electron chi connectivity index (χ1n) is 5.05. The van der Waals surface area contributed by atoms with Crippen LogP contribution in [-0.4, -0.2) is 0 Å². The first-order valence-corrected chi connectivity index (χ1v) is 6.13. The molecular formula is C14H9F2I. The van der Waals surface area contributed by atoms with E-state index in [0.717, 1.165) is 3.57 Å². The summed E-state index contributed by atoms with van der Waals surface area (Å²) < 4.78 is 27.1. The topological polar surface area (TPSA) is 0 Å². The minimum Gasteiger partial charge on any atom is -0.173 e. The average molecular weight is 342 g/mol. The molecule has 0 amide bonds. The minimum atomic E-state index is -1.66. The van der Waals surface area contributed by atoms with Gasteiger partial charge in [-0.15, -0.1) is 0 Å². The molecule has 0 heterocycles. The van der Waals surface area contributed by atoms with Crippen LogP contribution in [0.1, 0.15) is 11.1 Å². The molecule has 2 aromatic carbocycles. The van der Waals surface area contributed by atoms with E-state index < -0.39 is 6.08 Å². The maximum atomic E-state index is 13.0. The second kappa shape index (κ2) is 5.40. The maximum absolute atomic E-state index is 13.0. The Balaban J connectivity index is 2.52. The van der Waals surface area contributed by atoms with E-state index in [4.69, 9.17) is 0 Å². The lowest BCUT2D eigenvalue weighted by Crippen LogP contribution is -1.89. The van der Waals surface area contributed by atoms with Crippen LogP contribution in [0.5, 0.6) is 0 Å². The molecule has 0 aliphatic heterocycles. The fraction of sp³-hybridized carbons (Fsp3) is 0. The van der Waals surface area contributed by atoms with Crippen molar-refractivity contribution in [3.8, 4) is 0 Å². The van der Waals surface area contributed by atoms with Crippen molar-refractivity contribution in [1.29, 1.82) is 0 Å². The Morgan fingerprint density at radius 2 is 1.29 bits per heavy atom. The lowest BCUT2D eigenvalue weighted by molar-refractivity contribution is 0.426. The van der Waals surface area contributed by atoms with Gasteiger partial charge in [0, 0.05) is 3.57 Å². The van der Waals surface area contributed by atoms with Crippen molar-refractivity contribution in [3.05, 3.63) is 75.4 Å². The Labute approximate surface area is 112 Å². The van der Waals surface area contributed by atoms with Crippen molar-refractivity contribution in [3.63, 3.8) is 0 Å². The van der Waals surface area contributed by atoms with Gasteiger partial charge in [-0.1, -0.05) is 42.5 Å². The van der Waals surface area contributed by atoms with Crippen molar-refractivity contribution in [2.75, 3.05) is 0 Å². The third-order valence-electron chi connectivity index (χ3n) is 2.38. The molecule has 0 atom stereocenters. The smallest absolute Gasteiger partial charge is 0.173 e. The zero-order chi connectivity index (χ0) is 12.3. The van der Waals surface area contributed by atoms with Crippen molar-refractivity contribution in [1.82, 2.24) is 0 Å². The summed E-state index contributed by atoms with van der Waals surface area (Å²) in [7, 11) is 0. The molecule has 0 aliphatic carbocycles. The highest BCUT2D eigenvalue weighted by Crippen LogP contribution is 2.28. The van der Waals surface area contributed by atoms with Gasteiger partial charge in [0.15, 0.2) is 0 Å². The minimum absolute atomic E-state index is 0.00185. The van der Waals surface area contributed by atoms with Crippen molar-refractivity contribution in [2.24, 2.45) is 0 Å². The van der Waals surface area contributed by atoms with E-state index in [0.29, 0.717) is 11.1 Å². The normalized spacial score (nSPS) is 10.1. The molecule has 0 N–H and O–H groups in total. The molecule has 17 heavy (non-hydrogen) atoms. The van der Waals surface area contributed by atoms with Crippen LogP contribution in [0, 0.1) is 3.57 Å². The third-order valence-corrected chi connectivity index (χ3v) is 3.10. The largest absolute Gasteiger partial charge is 0.278 e. The van der Waals surface area contributed by atoms with Gasteiger partial charge in [-0.2, -0.15) is 8.78 Å². The molecule has 0 spiro atoms. The highest BCUT2D eigenvalue weighted by Gasteiger charge is 2.11. The zero-order valence-electron chi connectivity index (χ0n) is 8.83. The van der Waals surface area contributed by atoms with Gasteiger partial charge < -0.3 is 0 Å². The van der Waals surface area contributed by atoms with E-state index >= 15 is 0 Å². The number of hydrogen-bond acceptors (Lipinski definition) is 0. The predicted octanol–water partition coefficient (Wildman–Crippen LogP) is 4.95. The Morgan fingerprint density at radius 3 is 1.82 bits per heavy atom. The summed E-state index contributed by atoms with van der Waals surface area (Å²) in [6, 6.07) is 15.8. The molecule has 0 nitrogen and oxygen atoms in total. The number of benzene rings is 2. The Kier molecular flexibility index (Phi) is 3.89. The second-order valence-electron chi connectivity index (χ2n) is 3.51. The molecule has 0 radical (unpaired) electrons. The molecule has 0 saturated carbocycles.